The molecular weight excluding hydrogens is 520 g/mol. The highest BCUT2D eigenvalue weighted by Gasteiger charge is 2.23. The number of aliphatic hydroxyl groups is 1. The van der Waals surface area contributed by atoms with Gasteiger partial charge in [0, 0.05) is 34.6 Å². The van der Waals surface area contributed by atoms with E-state index < -0.39 is 0 Å². The quantitative estimate of drug-likeness (QED) is 0.291. The van der Waals surface area contributed by atoms with E-state index in [1.165, 1.54) is 11.3 Å². The second-order valence-electron chi connectivity index (χ2n) is 10.3. The molecule has 38 heavy (non-hydrogen) atoms. The number of thiophene rings is 1. The fourth-order valence-corrected chi connectivity index (χ4v) is 6.60. The molecule has 1 amide bonds. The van der Waals surface area contributed by atoms with Crippen molar-refractivity contribution in [1.29, 1.82) is 0 Å². The van der Waals surface area contributed by atoms with E-state index in [4.69, 9.17) is 16.3 Å². The van der Waals surface area contributed by atoms with Gasteiger partial charge in [-0.15, -0.1) is 11.3 Å². The Balaban J connectivity index is 1.52. The number of rotatable bonds is 5. The zero-order valence-corrected chi connectivity index (χ0v) is 23.5. The third-order valence-electron chi connectivity index (χ3n) is 7.11. The van der Waals surface area contributed by atoms with Gasteiger partial charge in [0.05, 0.1) is 16.4 Å². The first-order chi connectivity index (χ1) is 18.1. The van der Waals surface area contributed by atoms with Crippen LogP contribution in [0.5, 0.6) is 11.5 Å². The summed E-state index contributed by atoms with van der Waals surface area (Å²) in [5.41, 5.74) is 4.53. The third-order valence-corrected chi connectivity index (χ3v) is 8.50. The summed E-state index contributed by atoms with van der Waals surface area (Å²) in [5.74, 6) is 1.27. The molecular formula is C30H31ClN2O4S. The standard InChI is InChI=1S/C30H31ClN2O4S/c1-16-9-19(13-23(10-16)37-27-17(2)11-20(31)12-18(27)3)25-15-33(4)30(36)24-14-26(38-28(24)25)29(35)32-21-5-7-22(34)8-6-21/h9-15,21-22,34H,5-8H2,1-4H3,(H,32,35). The number of benzene rings is 2. The first kappa shape index (κ1) is 26.5. The topological polar surface area (TPSA) is 80.6 Å². The predicted molar refractivity (Wildman–Crippen MR) is 154 cm³/mol. The average molecular weight is 551 g/mol. The zero-order valence-electron chi connectivity index (χ0n) is 21.9. The highest BCUT2D eigenvalue weighted by Crippen LogP contribution is 2.38. The molecule has 2 aromatic carbocycles. The minimum atomic E-state index is -0.284. The molecule has 198 valence electrons. The van der Waals surface area contributed by atoms with Crippen LogP contribution in [0.2, 0.25) is 5.02 Å². The number of ether oxygens (including phenoxy) is 1. The van der Waals surface area contributed by atoms with E-state index in [9.17, 15) is 14.7 Å². The highest BCUT2D eigenvalue weighted by molar-refractivity contribution is 7.21. The number of aromatic nitrogens is 1. The molecule has 1 saturated carbocycles. The maximum atomic E-state index is 13.1. The number of amides is 1. The Bertz CT molecular complexity index is 1580. The molecule has 0 radical (unpaired) electrons. The summed E-state index contributed by atoms with van der Waals surface area (Å²) in [6.07, 6.45) is 4.42. The van der Waals surface area contributed by atoms with Crippen molar-refractivity contribution < 1.29 is 14.6 Å². The van der Waals surface area contributed by atoms with Crippen LogP contribution in [0.15, 0.2) is 47.4 Å². The molecule has 0 aliphatic heterocycles. The van der Waals surface area contributed by atoms with E-state index >= 15 is 0 Å². The molecule has 1 aliphatic rings. The van der Waals surface area contributed by atoms with Crippen molar-refractivity contribution >= 4 is 38.9 Å². The molecule has 2 aromatic heterocycles. The lowest BCUT2D eigenvalue weighted by Crippen LogP contribution is -2.38. The second-order valence-corrected chi connectivity index (χ2v) is 11.8. The number of pyridine rings is 1. The lowest BCUT2D eigenvalue weighted by atomic mass is 9.93. The first-order valence-electron chi connectivity index (χ1n) is 12.8. The molecule has 0 spiro atoms. The summed E-state index contributed by atoms with van der Waals surface area (Å²) in [4.78, 5) is 26.6. The second kappa shape index (κ2) is 10.6. The molecule has 1 fully saturated rings. The van der Waals surface area contributed by atoms with Gasteiger partial charge in [-0.05, 0) is 99.0 Å². The van der Waals surface area contributed by atoms with Crippen LogP contribution < -0.4 is 15.6 Å². The van der Waals surface area contributed by atoms with Gasteiger partial charge in [0.1, 0.15) is 11.5 Å². The minimum absolute atomic E-state index is 0.0367. The summed E-state index contributed by atoms with van der Waals surface area (Å²) in [5, 5.41) is 14.0. The van der Waals surface area contributed by atoms with E-state index in [2.05, 4.69) is 11.4 Å². The molecule has 2 N–H and O–H groups in total. The highest BCUT2D eigenvalue weighted by atomic mass is 35.5. The molecule has 6 nitrogen and oxygen atoms in total. The van der Waals surface area contributed by atoms with Crippen molar-refractivity contribution in [3.05, 3.63) is 79.5 Å². The summed E-state index contributed by atoms with van der Waals surface area (Å²) in [6.45, 7) is 5.94. The van der Waals surface area contributed by atoms with E-state index in [0.29, 0.717) is 33.9 Å². The maximum Gasteiger partial charge on any atom is 0.261 e. The number of fused-ring (bicyclic) bond motifs is 1. The predicted octanol–water partition coefficient (Wildman–Crippen LogP) is 6.67. The van der Waals surface area contributed by atoms with Crippen molar-refractivity contribution in [2.75, 3.05) is 0 Å². The van der Waals surface area contributed by atoms with Gasteiger partial charge in [-0.2, -0.15) is 0 Å². The van der Waals surface area contributed by atoms with Gasteiger partial charge in [-0.25, -0.2) is 0 Å². The Labute approximate surface area is 230 Å². The fraction of sp³-hybridized carbons (Fsp3) is 0.333. The number of aryl methyl sites for hydroxylation is 4. The molecule has 5 rings (SSSR count). The number of carbonyl (C=O) groups is 1. The van der Waals surface area contributed by atoms with Crippen molar-refractivity contribution in [2.45, 2.75) is 58.6 Å². The Hall–Kier alpha value is -3.13. The van der Waals surface area contributed by atoms with Gasteiger partial charge < -0.3 is 19.7 Å². The van der Waals surface area contributed by atoms with Crippen LogP contribution in [0.4, 0.5) is 0 Å². The van der Waals surface area contributed by atoms with Crippen molar-refractivity contribution in [1.82, 2.24) is 9.88 Å². The number of carbonyl (C=O) groups excluding carboxylic acids is 1. The van der Waals surface area contributed by atoms with Crippen LogP contribution in [0.3, 0.4) is 0 Å². The van der Waals surface area contributed by atoms with Crippen LogP contribution in [-0.4, -0.2) is 27.7 Å². The minimum Gasteiger partial charge on any atom is -0.457 e. The number of nitrogens with zero attached hydrogens (tertiary/aromatic N) is 1. The average Bonchev–Trinajstić information content (AvgIpc) is 3.31. The smallest absolute Gasteiger partial charge is 0.261 e. The lowest BCUT2D eigenvalue weighted by Gasteiger charge is -2.25. The SMILES string of the molecule is Cc1cc(Oc2c(C)cc(Cl)cc2C)cc(-c2cn(C)c(=O)c3cc(C(=O)NC4CCC(O)CC4)sc23)c1. The lowest BCUT2D eigenvalue weighted by molar-refractivity contribution is 0.0871. The molecule has 0 atom stereocenters. The first-order valence-corrected chi connectivity index (χ1v) is 14.0. The number of hydrogen-bond acceptors (Lipinski definition) is 5. The summed E-state index contributed by atoms with van der Waals surface area (Å²) < 4.78 is 8.67. The van der Waals surface area contributed by atoms with Gasteiger partial charge in [0.2, 0.25) is 0 Å². The Kier molecular flexibility index (Phi) is 7.36. The van der Waals surface area contributed by atoms with Crippen LogP contribution in [0.25, 0.3) is 21.2 Å². The molecule has 1 aliphatic carbocycles. The van der Waals surface area contributed by atoms with Gasteiger partial charge >= 0.3 is 0 Å². The number of hydrogen-bond donors (Lipinski definition) is 2. The number of aliphatic hydroxyl groups excluding tert-OH is 1. The van der Waals surface area contributed by atoms with Crippen LogP contribution >= 0.6 is 22.9 Å². The Morgan fingerprint density at radius 1 is 1.05 bits per heavy atom. The van der Waals surface area contributed by atoms with Crippen molar-refractivity contribution in [2.24, 2.45) is 7.05 Å². The van der Waals surface area contributed by atoms with E-state index in [1.807, 2.05) is 51.2 Å². The fourth-order valence-electron chi connectivity index (χ4n) is 5.18. The van der Waals surface area contributed by atoms with E-state index in [1.54, 1.807) is 17.7 Å². The zero-order chi connectivity index (χ0) is 27.1. The van der Waals surface area contributed by atoms with Gasteiger partial charge in [-0.3, -0.25) is 9.59 Å². The Morgan fingerprint density at radius 2 is 1.74 bits per heavy atom. The van der Waals surface area contributed by atoms with Gasteiger partial charge in [0.15, 0.2) is 0 Å². The monoisotopic (exact) mass is 550 g/mol. The van der Waals surface area contributed by atoms with Gasteiger partial charge in [-0.1, -0.05) is 17.7 Å². The van der Waals surface area contributed by atoms with Gasteiger partial charge in [0.25, 0.3) is 11.5 Å². The summed E-state index contributed by atoms with van der Waals surface area (Å²) in [6, 6.07) is 11.5. The number of halogens is 1. The molecule has 0 saturated heterocycles. The molecule has 8 heteroatoms. The molecule has 0 unspecified atom stereocenters. The normalized spacial score (nSPS) is 17.5. The van der Waals surface area contributed by atoms with Crippen LogP contribution in [0, 0.1) is 20.8 Å². The molecule has 2 heterocycles. The Morgan fingerprint density at radius 3 is 2.42 bits per heavy atom. The maximum absolute atomic E-state index is 13.1. The molecule has 4 aromatic rings. The molecule has 0 bridgehead atoms. The van der Waals surface area contributed by atoms with E-state index in [0.717, 1.165) is 51.1 Å². The van der Waals surface area contributed by atoms with Crippen molar-refractivity contribution in [3.63, 3.8) is 0 Å². The van der Waals surface area contributed by atoms with Crippen LogP contribution in [0.1, 0.15) is 52.0 Å². The largest absolute Gasteiger partial charge is 0.457 e. The number of nitrogens with one attached hydrogen (secondary N) is 1. The van der Waals surface area contributed by atoms with Crippen molar-refractivity contribution in [3.8, 4) is 22.6 Å². The summed E-state index contributed by atoms with van der Waals surface area (Å²) >= 11 is 7.53. The third kappa shape index (κ3) is 5.37. The summed E-state index contributed by atoms with van der Waals surface area (Å²) in [7, 11) is 1.73. The van der Waals surface area contributed by atoms with E-state index in [-0.39, 0.29) is 23.6 Å². The van der Waals surface area contributed by atoms with Crippen LogP contribution in [-0.2, 0) is 7.05 Å².